The van der Waals surface area contributed by atoms with Crippen LogP contribution in [0.5, 0.6) is 0 Å². The van der Waals surface area contributed by atoms with E-state index in [1.807, 2.05) is 0 Å². The van der Waals surface area contributed by atoms with Crippen molar-refractivity contribution in [2.75, 3.05) is 19.7 Å². The van der Waals surface area contributed by atoms with Crippen LogP contribution < -0.4 is 0 Å². The van der Waals surface area contributed by atoms with Crippen molar-refractivity contribution in [3.05, 3.63) is 30.1 Å². The van der Waals surface area contributed by atoms with Crippen LogP contribution in [-0.2, 0) is 11.2 Å². The number of pyridine rings is 1. The first-order valence-electron chi connectivity index (χ1n) is 6.85. The number of hydrogen-bond acceptors (Lipinski definition) is 3. The summed E-state index contributed by atoms with van der Waals surface area (Å²) in [5, 5.41) is 0. The van der Waals surface area contributed by atoms with E-state index in [9.17, 15) is 22.4 Å². The number of hydrogen-bond donors (Lipinski definition) is 0. The van der Waals surface area contributed by atoms with Gasteiger partial charge in [-0.05, 0) is 25.0 Å². The molecule has 1 aromatic heterocycles. The van der Waals surface area contributed by atoms with Crippen LogP contribution in [0.2, 0.25) is 0 Å². The van der Waals surface area contributed by atoms with Crippen LogP contribution in [0, 0.1) is 0 Å². The van der Waals surface area contributed by atoms with Crippen LogP contribution in [0.25, 0.3) is 0 Å². The molecule has 0 N–H and O–H groups in total. The number of rotatable bonds is 3. The van der Waals surface area contributed by atoms with Gasteiger partial charge < -0.3 is 9.64 Å². The summed E-state index contributed by atoms with van der Waals surface area (Å²) in [4.78, 5) is 16.6. The fourth-order valence-corrected chi connectivity index (χ4v) is 2.33. The lowest BCUT2D eigenvalue weighted by Crippen LogP contribution is -2.46. The van der Waals surface area contributed by atoms with Crippen LogP contribution in [0.15, 0.2) is 24.4 Å². The van der Waals surface area contributed by atoms with Gasteiger partial charge >= 0.3 is 12.3 Å². The van der Waals surface area contributed by atoms with E-state index in [0.29, 0.717) is 5.69 Å². The Morgan fingerprint density at radius 2 is 2.00 bits per heavy atom. The minimum absolute atomic E-state index is 0.0278. The maximum Gasteiger partial charge on any atom is 0.422 e. The molecule has 1 aliphatic heterocycles. The number of nitrogens with zero attached hydrogens (tertiary/aromatic N) is 2. The zero-order valence-corrected chi connectivity index (χ0v) is 11.8. The molecule has 1 saturated heterocycles. The number of amides is 1. The van der Waals surface area contributed by atoms with Gasteiger partial charge in [0.2, 0.25) is 0 Å². The Morgan fingerprint density at radius 3 is 2.55 bits per heavy atom. The van der Waals surface area contributed by atoms with E-state index in [4.69, 9.17) is 0 Å². The van der Waals surface area contributed by atoms with E-state index in [2.05, 4.69) is 9.72 Å². The molecule has 22 heavy (non-hydrogen) atoms. The molecule has 0 bridgehead atoms. The van der Waals surface area contributed by atoms with Crippen molar-refractivity contribution in [1.82, 2.24) is 9.88 Å². The fourth-order valence-electron chi connectivity index (χ4n) is 2.33. The third-order valence-electron chi connectivity index (χ3n) is 3.50. The summed E-state index contributed by atoms with van der Waals surface area (Å²) in [6.07, 6.45) is -3.83. The lowest BCUT2D eigenvalue weighted by Gasteiger charge is -2.35. The fraction of sp³-hybridized carbons (Fsp3) is 0.571. The van der Waals surface area contributed by atoms with Gasteiger partial charge in [-0.2, -0.15) is 13.2 Å². The van der Waals surface area contributed by atoms with Gasteiger partial charge in [0.1, 0.15) is 5.67 Å². The number of carbonyl (C=O) groups excluding carboxylic acids is 1. The minimum Gasteiger partial charge on any atom is -0.440 e. The Labute approximate surface area is 125 Å². The summed E-state index contributed by atoms with van der Waals surface area (Å²) in [7, 11) is 0. The molecule has 0 radical (unpaired) electrons. The number of likely N-dealkylation sites (tertiary alicyclic amines) is 1. The zero-order valence-electron chi connectivity index (χ0n) is 11.8. The number of piperidine rings is 1. The van der Waals surface area contributed by atoms with Crippen LogP contribution in [-0.4, -0.2) is 47.5 Å². The molecule has 0 aliphatic carbocycles. The number of aromatic nitrogens is 1. The quantitative estimate of drug-likeness (QED) is 0.804. The van der Waals surface area contributed by atoms with Crippen LogP contribution in [0.3, 0.4) is 0 Å². The molecule has 2 rings (SSSR count). The molecule has 0 saturated carbocycles. The largest absolute Gasteiger partial charge is 0.440 e. The molecule has 122 valence electrons. The average Bonchev–Trinajstić information content (AvgIpc) is 2.45. The predicted octanol–water partition coefficient (Wildman–Crippen LogP) is 3.13. The molecule has 0 aromatic carbocycles. The maximum absolute atomic E-state index is 14.7. The minimum atomic E-state index is -4.56. The Balaban J connectivity index is 1.83. The molecule has 1 fully saturated rings. The molecule has 1 amide bonds. The van der Waals surface area contributed by atoms with E-state index >= 15 is 0 Å². The van der Waals surface area contributed by atoms with Gasteiger partial charge in [0.25, 0.3) is 0 Å². The summed E-state index contributed by atoms with van der Waals surface area (Å²) >= 11 is 0. The highest BCUT2D eigenvalue weighted by Crippen LogP contribution is 2.30. The van der Waals surface area contributed by atoms with E-state index in [0.717, 1.165) is 4.90 Å². The first-order chi connectivity index (χ1) is 10.3. The molecule has 1 aliphatic rings. The highest BCUT2D eigenvalue weighted by atomic mass is 19.4. The van der Waals surface area contributed by atoms with Crippen molar-refractivity contribution in [3.63, 3.8) is 0 Å². The van der Waals surface area contributed by atoms with Crippen molar-refractivity contribution < 1.29 is 27.1 Å². The van der Waals surface area contributed by atoms with Crippen molar-refractivity contribution in [2.45, 2.75) is 31.1 Å². The van der Waals surface area contributed by atoms with E-state index in [1.165, 1.54) is 0 Å². The van der Waals surface area contributed by atoms with Gasteiger partial charge in [-0.25, -0.2) is 9.18 Å². The molecule has 4 nitrogen and oxygen atoms in total. The van der Waals surface area contributed by atoms with Crippen molar-refractivity contribution in [3.8, 4) is 0 Å². The standard InChI is InChI=1S/C14H16F4N2O2/c15-13(9-11-3-1-2-6-19-11)4-7-20(8-5-13)12(21)22-10-14(16,17)18/h1-3,6H,4-5,7-10H2. The summed E-state index contributed by atoms with van der Waals surface area (Å²) in [6, 6.07) is 5.20. The Bertz CT molecular complexity index is 499. The Hall–Kier alpha value is -1.86. The first-order valence-corrected chi connectivity index (χ1v) is 6.85. The topological polar surface area (TPSA) is 42.4 Å². The second-order valence-corrected chi connectivity index (χ2v) is 5.31. The third kappa shape index (κ3) is 4.85. The van der Waals surface area contributed by atoms with Gasteiger partial charge in [0, 0.05) is 31.4 Å². The number of carbonyl (C=O) groups is 1. The molecular formula is C14H16F4N2O2. The zero-order chi connectivity index (χ0) is 16.2. The Kier molecular flexibility index (Phi) is 4.87. The van der Waals surface area contributed by atoms with Gasteiger partial charge in [-0.1, -0.05) is 6.07 Å². The van der Waals surface area contributed by atoms with Crippen LogP contribution >= 0.6 is 0 Å². The second kappa shape index (κ2) is 6.50. The molecular weight excluding hydrogens is 304 g/mol. The summed E-state index contributed by atoms with van der Waals surface area (Å²) in [6.45, 7) is -1.57. The van der Waals surface area contributed by atoms with E-state index < -0.39 is 24.5 Å². The molecule has 1 aromatic rings. The molecule has 0 unspecified atom stereocenters. The van der Waals surface area contributed by atoms with E-state index in [-0.39, 0.29) is 32.4 Å². The van der Waals surface area contributed by atoms with Crippen molar-refractivity contribution >= 4 is 6.09 Å². The summed E-state index contributed by atoms with van der Waals surface area (Å²) in [5.74, 6) is 0. The Morgan fingerprint density at radius 1 is 1.32 bits per heavy atom. The van der Waals surface area contributed by atoms with Crippen LogP contribution in [0.1, 0.15) is 18.5 Å². The highest BCUT2D eigenvalue weighted by Gasteiger charge is 2.38. The smallest absolute Gasteiger partial charge is 0.422 e. The SMILES string of the molecule is O=C(OCC(F)(F)F)N1CCC(F)(Cc2ccccn2)CC1. The van der Waals surface area contributed by atoms with Gasteiger partial charge in [-0.15, -0.1) is 0 Å². The monoisotopic (exact) mass is 320 g/mol. The normalized spacial score (nSPS) is 18.1. The van der Waals surface area contributed by atoms with E-state index in [1.54, 1.807) is 24.4 Å². The summed E-state index contributed by atoms with van der Waals surface area (Å²) in [5.41, 5.74) is -0.895. The molecule has 8 heteroatoms. The third-order valence-corrected chi connectivity index (χ3v) is 3.50. The van der Waals surface area contributed by atoms with Gasteiger partial charge in [-0.3, -0.25) is 4.98 Å². The number of halogens is 4. The lowest BCUT2D eigenvalue weighted by molar-refractivity contribution is -0.163. The number of ether oxygens (including phenoxy) is 1. The molecule has 0 atom stereocenters. The van der Waals surface area contributed by atoms with Crippen molar-refractivity contribution in [2.24, 2.45) is 0 Å². The molecule has 2 heterocycles. The molecule has 0 spiro atoms. The second-order valence-electron chi connectivity index (χ2n) is 5.31. The summed E-state index contributed by atoms with van der Waals surface area (Å²) < 4.78 is 54.8. The van der Waals surface area contributed by atoms with Crippen molar-refractivity contribution in [1.29, 1.82) is 0 Å². The maximum atomic E-state index is 14.7. The first kappa shape index (κ1) is 16.5. The van der Waals surface area contributed by atoms with Crippen LogP contribution in [0.4, 0.5) is 22.4 Å². The highest BCUT2D eigenvalue weighted by molar-refractivity contribution is 5.67. The average molecular weight is 320 g/mol. The van der Waals surface area contributed by atoms with Gasteiger partial charge in [0.05, 0.1) is 0 Å². The number of alkyl halides is 4. The lowest BCUT2D eigenvalue weighted by atomic mass is 9.89. The predicted molar refractivity (Wildman–Crippen MR) is 70.0 cm³/mol. The van der Waals surface area contributed by atoms with Gasteiger partial charge in [0.15, 0.2) is 6.61 Å².